The molecule has 0 fully saturated rings. The van der Waals surface area contributed by atoms with Crippen LogP contribution in [0.4, 0.5) is 5.69 Å². The third-order valence-electron chi connectivity index (χ3n) is 1.20. The Morgan fingerprint density at radius 3 is 2.38 bits per heavy atom. The Balaban J connectivity index is 0.00000144. The van der Waals surface area contributed by atoms with Gasteiger partial charge in [-0.2, -0.15) is 0 Å². The molecule has 1 rings (SSSR count). The Bertz CT molecular complexity index is 345. The molecule has 0 heterocycles. The standard InChI is InChI=1S/C6H3Cl2NO3.Zn/c7-3-1-4(8)6(10)5(2-3)9(11)12;/h1-2,10H;/q;+2. The maximum Gasteiger partial charge on any atom is 2.00 e. The second-order valence-electron chi connectivity index (χ2n) is 2.01. The molecule has 0 saturated carbocycles. The van der Waals surface area contributed by atoms with Crippen LogP contribution in [0.25, 0.3) is 0 Å². The summed E-state index contributed by atoms with van der Waals surface area (Å²) >= 11 is 10.9. The Labute approximate surface area is 96.4 Å². The predicted octanol–water partition coefficient (Wildman–Crippen LogP) is 2.60. The summed E-state index contributed by atoms with van der Waals surface area (Å²) in [5.41, 5.74) is -0.493. The third kappa shape index (κ3) is 2.80. The van der Waals surface area contributed by atoms with Crippen molar-refractivity contribution in [3.8, 4) is 5.75 Å². The molecule has 4 nitrogen and oxygen atoms in total. The van der Waals surface area contributed by atoms with Gasteiger partial charge in [0.2, 0.25) is 5.75 Å². The molecule has 0 aromatic heterocycles. The SMILES string of the molecule is O=[N+]([O-])c1cc(Cl)cc(Cl)c1O.[Zn+2]. The molecule has 1 aromatic carbocycles. The van der Waals surface area contributed by atoms with Crippen molar-refractivity contribution in [2.75, 3.05) is 0 Å². The maximum absolute atomic E-state index is 10.3. The van der Waals surface area contributed by atoms with Gasteiger partial charge < -0.3 is 5.11 Å². The van der Waals surface area contributed by atoms with E-state index in [9.17, 15) is 10.1 Å². The van der Waals surface area contributed by atoms with Crippen molar-refractivity contribution in [3.63, 3.8) is 0 Å². The minimum Gasteiger partial charge on any atom is -0.501 e. The fraction of sp³-hybridized carbons (Fsp3) is 0. The van der Waals surface area contributed by atoms with Crippen LogP contribution in [-0.4, -0.2) is 10.0 Å². The first-order chi connectivity index (χ1) is 5.52. The summed E-state index contributed by atoms with van der Waals surface area (Å²) in [6, 6.07) is 2.26. The van der Waals surface area contributed by atoms with Crippen molar-refractivity contribution in [2.45, 2.75) is 0 Å². The Kier molecular flexibility index (Phi) is 4.61. The first-order valence-electron chi connectivity index (χ1n) is 2.85. The van der Waals surface area contributed by atoms with Gasteiger partial charge in [0.05, 0.1) is 9.95 Å². The number of rotatable bonds is 1. The fourth-order valence-electron chi connectivity index (χ4n) is 0.692. The summed E-state index contributed by atoms with van der Waals surface area (Å²) in [7, 11) is 0. The normalized spacial score (nSPS) is 9.08. The number of nitro benzene ring substituents is 1. The molecule has 0 amide bonds. The number of aromatic hydroxyl groups is 1. The van der Waals surface area contributed by atoms with E-state index >= 15 is 0 Å². The van der Waals surface area contributed by atoms with Gasteiger partial charge in [0.15, 0.2) is 0 Å². The number of phenols is 1. The molecule has 7 heteroatoms. The van der Waals surface area contributed by atoms with Crippen LogP contribution in [0.2, 0.25) is 10.0 Å². The molecule has 64 valence electrons. The molecule has 1 aromatic rings. The molecule has 0 atom stereocenters. The number of hydrogen-bond donors (Lipinski definition) is 1. The van der Waals surface area contributed by atoms with Gasteiger partial charge in [0.25, 0.3) is 0 Å². The smallest absolute Gasteiger partial charge is 0.501 e. The van der Waals surface area contributed by atoms with Gasteiger partial charge in [0.1, 0.15) is 0 Å². The van der Waals surface area contributed by atoms with E-state index < -0.39 is 16.4 Å². The number of phenolic OH excluding ortho intramolecular Hbond substituents is 1. The predicted molar refractivity (Wildman–Crippen MR) is 44.8 cm³/mol. The van der Waals surface area contributed by atoms with E-state index in [-0.39, 0.29) is 29.5 Å². The van der Waals surface area contributed by atoms with Crippen LogP contribution >= 0.6 is 23.2 Å². The second-order valence-corrected chi connectivity index (χ2v) is 2.86. The van der Waals surface area contributed by atoms with Crippen LogP contribution in [0.3, 0.4) is 0 Å². The topological polar surface area (TPSA) is 63.4 Å². The average Bonchev–Trinajstić information content (AvgIpc) is 1.96. The fourth-order valence-corrected chi connectivity index (χ4v) is 1.17. The summed E-state index contributed by atoms with van der Waals surface area (Å²) in [6.45, 7) is 0. The van der Waals surface area contributed by atoms with Gasteiger partial charge in [0, 0.05) is 11.1 Å². The quantitative estimate of drug-likeness (QED) is 0.486. The molecule has 0 radical (unpaired) electrons. The van der Waals surface area contributed by atoms with Crippen molar-refractivity contribution in [3.05, 3.63) is 32.3 Å². The molecule has 0 unspecified atom stereocenters. The average molecular weight is 273 g/mol. The number of nitrogens with zero attached hydrogens (tertiary/aromatic N) is 1. The van der Waals surface area contributed by atoms with Crippen molar-refractivity contribution in [2.24, 2.45) is 0 Å². The molecule has 0 aliphatic heterocycles. The second kappa shape index (κ2) is 4.75. The molecule has 0 aliphatic carbocycles. The van der Waals surface area contributed by atoms with E-state index in [0.29, 0.717) is 0 Å². The molecular formula is C6H3Cl2NO3Zn+2. The summed E-state index contributed by atoms with van der Waals surface area (Å²) in [4.78, 5) is 9.50. The van der Waals surface area contributed by atoms with Crippen molar-refractivity contribution in [1.82, 2.24) is 0 Å². The minimum absolute atomic E-state index is 0. The first kappa shape index (κ1) is 12.6. The number of nitro groups is 1. The van der Waals surface area contributed by atoms with E-state index in [1.54, 1.807) is 0 Å². The number of benzene rings is 1. The zero-order valence-corrected chi connectivity index (χ0v) is 10.8. The number of hydrogen-bond acceptors (Lipinski definition) is 3. The molecule has 0 aliphatic rings. The van der Waals surface area contributed by atoms with E-state index in [1.165, 1.54) is 6.07 Å². The summed E-state index contributed by atoms with van der Waals surface area (Å²) in [5.74, 6) is -0.564. The number of halogens is 2. The summed E-state index contributed by atoms with van der Waals surface area (Å²) in [6.07, 6.45) is 0. The van der Waals surface area contributed by atoms with Gasteiger partial charge in [-0.15, -0.1) is 0 Å². The monoisotopic (exact) mass is 271 g/mol. The van der Waals surface area contributed by atoms with Crippen LogP contribution in [0, 0.1) is 10.1 Å². The largest absolute Gasteiger partial charge is 2.00 e. The maximum atomic E-state index is 10.3. The third-order valence-corrected chi connectivity index (χ3v) is 1.71. The van der Waals surface area contributed by atoms with E-state index in [2.05, 4.69) is 0 Å². The van der Waals surface area contributed by atoms with E-state index in [4.69, 9.17) is 28.3 Å². The van der Waals surface area contributed by atoms with Crippen LogP contribution < -0.4 is 0 Å². The molecule has 0 spiro atoms. The minimum atomic E-state index is -0.757. The Hall–Kier alpha value is -0.377. The molecule has 13 heavy (non-hydrogen) atoms. The van der Waals surface area contributed by atoms with Gasteiger partial charge in [-0.25, -0.2) is 0 Å². The summed E-state index contributed by atoms with van der Waals surface area (Å²) in [5, 5.41) is 19.3. The summed E-state index contributed by atoms with van der Waals surface area (Å²) < 4.78 is 0. The van der Waals surface area contributed by atoms with Crippen molar-refractivity contribution < 1.29 is 29.5 Å². The van der Waals surface area contributed by atoms with Crippen molar-refractivity contribution >= 4 is 28.9 Å². The Morgan fingerprint density at radius 1 is 1.38 bits per heavy atom. The van der Waals surface area contributed by atoms with Gasteiger partial charge in [-0.3, -0.25) is 10.1 Å². The molecule has 1 N–H and O–H groups in total. The zero-order chi connectivity index (χ0) is 9.30. The first-order valence-corrected chi connectivity index (χ1v) is 3.60. The van der Waals surface area contributed by atoms with Crippen LogP contribution in [-0.2, 0) is 19.5 Å². The van der Waals surface area contributed by atoms with Gasteiger partial charge in [-0.05, 0) is 6.07 Å². The zero-order valence-electron chi connectivity index (χ0n) is 6.33. The Morgan fingerprint density at radius 2 is 1.92 bits per heavy atom. The van der Waals surface area contributed by atoms with Crippen LogP contribution in [0.15, 0.2) is 12.1 Å². The van der Waals surface area contributed by atoms with Crippen molar-refractivity contribution in [1.29, 1.82) is 0 Å². The molecule has 0 saturated heterocycles. The van der Waals surface area contributed by atoms with Gasteiger partial charge >= 0.3 is 25.2 Å². The van der Waals surface area contributed by atoms with Gasteiger partial charge in [-0.1, -0.05) is 23.2 Å². The molecule has 0 bridgehead atoms. The van der Waals surface area contributed by atoms with E-state index in [1.807, 2.05) is 0 Å². The van der Waals surface area contributed by atoms with Crippen LogP contribution in [0.1, 0.15) is 0 Å². The van der Waals surface area contributed by atoms with E-state index in [0.717, 1.165) is 6.07 Å². The van der Waals surface area contributed by atoms with Crippen LogP contribution in [0.5, 0.6) is 5.75 Å². The molecular weight excluding hydrogens is 270 g/mol.